The standard InChI is InChI=1S/C24H26N2O3S/c1-15(2)29-21-8-6-17(7-9-21)22-11-25-23(30-22)18-4-5-19(16(3)10-18)12-26-13-20(14-26)24(27)28/h4-11,15,20H,12-14H2,1-3H3,(H,27,28). The highest BCUT2D eigenvalue weighted by Gasteiger charge is 2.32. The maximum atomic E-state index is 11.0. The molecule has 0 atom stereocenters. The Morgan fingerprint density at radius 2 is 1.90 bits per heavy atom. The second-order valence-electron chi connectivity index (χ2n) is 8.09. The molecule has 1 N–H and O–H groups in total. The molecular formula is C24H26N2O3S. The number of carbonyl (C=O) groups is 1. The number of carboxylic acids is 1. The highest BCUT2D eigenvalue weighted by molar-refractivity contribution is 7.18. The molecule has 1 saturated heterocycles. The van der Waals surface area contributed by atoms with Crippen LogP contribution in [-0.4, -0.2) is 40.2 Å². The van der Waals surface area contributed by atoms with E-state index >= 15 is 0 Å². The fourth-order valence-corrected chi connectivity index (χ4v) is 4.53. The van der Waals surface area contributed by atoms with Crippen LogP contribution in [-0.2, 0) is 11.3 Å². The molecule has 2 aromatic carbocycles. The number of rotatable bonds is 7. The van der Waals surface area contributed by atoms with Crippen LogP contribution in [0.25, 0.3) is 21.0 Å². The fourth-order valence-electron chi connectivity index (χ4n) is 3.61. The van der Waals surface area contributed by atoms with E-state index in [-0.39, 0.29) is 12.0 Å². The first kappa shape index (κ1) is 20.6. The summed E-state index contributed by atoms with van der Waals surface area (Å²) in [6.07, 6.45) is 2.09. The molecular weight excluding hydrogens is 396 g/mol. The van der Waals surface area contributed by atoms with Crippen LogP contribution in [0.4, 0.5) is 0 Å². The van der Waals surface area contributed by atoms with Crippen LogP contribution in [0.1, 0.15) is 25.0 Å². The summed E-state index contributed by atoms with van der Waals surface area (Å²) >= 11 is 1.68. The summed E-state index contributed by atoms with van der Waals surface area (Å²) in [6.45, 7) is 8.21. The van der Waals surface area contributed by atoms with Crippen LogP contribution in [0.2, 0.25) is 0 Å². The topological polar surface area (TPSA) is 62.7 Å². The van der Waals surface area contributed by atoms with E-state index in [0.29, 0.717) is 13.1 Å². The highest BCUT2D eigenvalue weighted by atomic mass is 32.1. The smallest absolute Gasteiger partial charge is 0.309 e. The third kappa shape index (κ3) is 4.55. The van der Waals surface area contributed by atoms with Crippen molar-refractivity contribution < 1.29 is 14.6 Å². The summed E-state index contributed by atoms with van der Waals surface area (Å²) in [5, 5.41) is 10.0. The summed E-state index contributed by atoms with van der Waals surface area (Å²) in [5.74, 6) is -0.0362. The third-order valence-electron chi connectivity index (χ3n) is 5.31. The molecule has 0 amide bonds. The lowest BCUT2D eigenvalue weighted by molar-refractivity contribution is -0.147. The van der Waals surface area contributed by atoms with Gasteiger partial charge in [0.2, 0.25) is 0 Å². The Hall–Kier alpha value is -2.70. The second-order valence-corrected chi connectivity index (χ2v) is 9.12. The van der Waals surface area contributed by atoms with Crippen LogP contribution in [0.15, 0.2) is 48.7 Å². The molecule has 3 aromatic rings. The monoisotopic (exact) mass is 422 g/mol. The van der Waals surface area contributed by atoms with Crippen molar-refractivity contribution in [2.24, 2.45) is 5.92 Å². The van der Waals surface area contributed by atoms with Gasteiger partial charge in [-0.25, -0.2) is 4.98 Å². The van der Waals surface area contributed by atoms with Crippen LogP contribution in [0.5, 0.6) is 5.75 Å². The Kier molecular flexibility index (Phi) is 5.88. The van der Waals surface area contributed by atoms with Gasteiger partial charge in [-0.1, -0.05) is 12.1 Å². The van der Waals surface area contributed by atoms with Gasteiger partial charge in [-0.3, -0.25) is 9.69 Å². The Balaban J connectivity index is 1.44. The molecule has 0 unspecified atom stereocenters. The van der Waals surface area contributed by atoms with Crippen molar-refractivity contribution in [3.63, 3.8) is 0 Å². The van der Waals surface area contributed by atoms with E-state index in [1.165, 1.54) is 11.1 Å². The van der Waals surface area contributed by atoms with Crippen molar-refractivity contribution in [2.45, 2.75) is 33.4 Å². The Morgan fingerprint density at radius 1 is 1.20 bits per heavy atom. The second kappa shape index (κ2) is 8.58. The molecule has 2 heterocycles. The largest absolute Gasteiger partial charge is 0.491 e. The van der Waals surface area contributed by atoms with E-state index in [4.69, 9.17) is 9.84 Å². The highest BCUT2D eigenvalue weighted by Crippen LogP contribution is 2.34. The fraction of sp³-hybridized carbons (Fsp3) is 0.333. The van der Waals surface area contributed by atoms with Gasteiger partial charge in [0.1, 0.15) is 10.8 Å². The van der Waals surface area contributed by atoms with Gasteiger partial charge in [-0.2, -0.15) is 0 Å². The van der Waals surface area contributed by atoms with Crippen molar-refractivity contribution in [1.29, 1.82) is 0 Å². The average Bonchev–Trinajstić information content (AvgIpc) is 3.15. The van der Waals surface area contributed by atoms with E-state index in [1.807, 2.05) is 32.2 Å². The Bertz CT molecular complexity index is 1040. The predicted molar refractivity (Wildman–Crippen MR) is 120 cm³/mol. The lowest BCUT2D eigenvalue weighted by atomic mass is 9.98. The summed E-state index contributed by atoms with van der Waals surface area (Å²) in [7, 11) is 0. The van der Waals surface area contributed by atoms with Crippen molar-refractivity contribution in [3.05, 3.63) is 59.8 Å². The van der Waals surface area contributed by atoms with Crippen LogP contribution in [0.3, 0.4) is 0 Å². The number of aliphatic carboxylic acids is 1. The van der Waals surface area contributed by atoms with Crippen molar-refractivity contribution in [2.75, 3.05) is 13.1 Å². The molecule has 5 nitrogen and oxygen atoms in total. The zero-order valence-electron chi connectivity index (χ0n) is 17.5. The minimum Gasteiger partial charge on any atom is -0.491 e. The Morgan fingerprint density at radius 3 is 2.53 bits per heavy atom. The number of thiazole rings is 1. The van der Waals surface area contributed by atoms with Gasteiger partial charge in [0.25, 0.3) is 0 Å². The lowest BCUT2D eigenvalue weighted by Gasteiger charge is -2.36. The average molecular weight is 423 g/mol. The number of hydrogen-bond acceptors (Lipinski definition) is 5. The van der Waals surface area contributed by atoms with E-state index in [9.17, 15) is 4.79 Å². The van der Waals surface area contributed by atoms with Gasteiger partial charge in [0.15, 0.2) is 0 Å². The van der Waals surface area contributed by atoms with Crippen molar-refractivity contribution in [1.82, 2.24) is 9.88 Å². The van der Waals surface area contributed by atoms with E-state index in [1.54, 1.807) is 11.3 Å². The number of ether oxygens (including phenoxy) is 1. The lowest BCUT2D eigenvalue weighted by Crippen LogP contribution is -2.49. The van der Waals surface area contributed by atoms with Gasteiger partial charge in [-0.15, -0.1) is 11.3 Å². The van der Waals surface area contributed by atoms with E-state index in [0.717, 1.165) is 33.3 Å². The van der Waals surface area contributed by atoms with E-state index < -0.39 is 5.97 Å². The number of aromatic nitrogens is 1. The molecule has 1 fully saturated rings. The maximum absolute atomic E-state index is 11.0. The molecule has 0 radical (unpaired) electrons. The molecule has 0 aliphatic carbocycles. The van der Waals surface area contributed by atoms with Gasteiger partial charge in [-0.05, 0) is 67.8 Å². The molecule has 1 aliphatic rings. The first-order chi connectivity index (χ1) is 14.4. The minimum absolute atomic E-state index is 0.164. The maximum Gasteiger partial charge on any atom is 0.309 e. The molecule has 156 valence electrons. The van der Waals surface area contributed by atoms with Crippen LogP contribution in [0, 0.1) is 12.8 Å². The number of benzene rings is 2. The molecule has 0 spiro atoms. The molecule has 4 rings (SSSR count). The number of nitrogens with zero attached hydrogens (tertiary/aromatic N) is 2. The summed E-state index contributed by atoms with van der Waals surface area (Å²) in [4.78, 5) is 18.9. The summed E-state index contributed by atoms with van der Waals surface area (Å²) in [5.41, 5.74) is 4.69. The molecule has 30 heavy (non-hydrogen) atoms. The number of hydrogen-bond donors (Lipinski definition) is 1. The van der Waals surface area contributed by atoms with Crippen molar-refractivity contribution >= 4 is 17.3 Å². The normalized spacial score (nSPS) is 14.7. The molecule has 6 heteroatoms. The summed E-state index contributed by atoms with van der Waals surface area (Å²) in [6, 6.07) is 14.6. The zero-order chi connectivity index (χ0) is 21.3. The Labute approximate surface area is 181 Å². The first-order valence-corrected chi connectivity index (χ1v) is 11.0. The molecule has 0 saturated carbocycles. The van der Waals surface area contributed by atoms with Crippen molar-refractivity contribution in [3.8, 4) is 26.8 Å². The number of carboxylic acid groups (broad SMARTS) is 1. The molecule has 0 bridgehead atoms. The van der Waals surface area contributed by atoms with Crippen LogP contribution < -0.4 is 4.74 Å². The van der Waals surface area contributed by atoms with Crippen LogP contribution >= 0.6 is 11.3 Å². The quantitative estimate of drug-likeness (QED) is 0.575. The van der Waals surface area contributed by atoms with Gasteiger partial charge in [0, 0.05) is 31.4 Å². The summed E-state index contributed by atoms with van der Waals surface area (Å²) < 4.78 is 5.72. The third-order valence-corrected chi connectivity index (χ3v) is 6.40. The SMILES string of the molecule is Cc1cc(-c2ncc(-c3ccc(OC(C)C)cc3)s2)ccc1CN1CC(C(=O)O)C1. The van der Waals surface area contributed by atoms with Gasteiger partial charge < -0.3 is 9.84 Å². The first-order valence-electron chi connectivity index (χ1n) is 10.2. The molecule has 1 aromatic heterocycles. The predicted octanol–water partition coefficient (Wildman–Crippen LogP) is 5.09. The van der Waals surface area contributed by atoms with Gasteiger partial charge >= 0.3 is 5.97 Å². The van der Waals surface area contributed by atoms with Gasteiger partial charge in [0.05, 0.1) is 16.9 Å². The zero-order valence-corrected chi connectivity index (χ0v) is 18.3. The molecule has 1 aliphatic heterocycles. The number of likely N-dealkylation sites (tertiary alicyclic amines) is 1. The van der Waals surface area contributed by atoms with E-state index in [2.05, 4.69) is 47.1 Å². The number of aryl methyl sites for hydroxylation is 1. The minimum atomic E-state index is -0.694.